The minimum atomic E-state index is -4.59. The summed E-state index contributed by atoms with van der Waals surface area (Å²) in [6.07, 6.45) is -3.82. The summed E-state index contributed by atoms with van der Waals surface area (Å²) in [7, 11) is 1.60. The average Bonchev–Trinajstić information content (AvgIpc) is 3.41. The molecule has 1 heterocycles. The van der Waals surface area contributed by atoms with Crippen LogP contribution in [0.15, 0.2) is 24.3 Å². The largest absolute Gasteiger partial charge is 0.416 e. The van der Waals surface area contributed by atoms with Gasteiger partial charge in [0.1, 0.15) is 0 Å². The molecule has 2 fully saturated rings. The highest BCUT2D eigenvalue weighted by Gasteiger charge is 2.57. The Hall–Kier alpha value is -2.38. The van der Waals surface area contributed by atoms with Crippen LogP contribution in [0.2, 0.25) is 0 Å². The Morgan fingerprint density at radius 2 is 1.93 bits per heavy atom. The van der Waals surface area contributed by atoms with Gasteiger partial charge < -0.3 is 4.90 Å². The van der Waals surface area contributed by atoms with E-state index in [0.29, 0.717) is 19.4 Å². The van der Waals surface area contributed by atoms with E-state index in [0.717, 1.165) is 17.0 Å². The van der Waals surface area contributed by atoms with Crippen molar-refractivity contribution in [1.29, 1.82) is 0 Å². The van der Waals surface area contributed by atoms with E-state index in [1.54, 1.807) is 7.05 Å². The molecule has 0 spiro atoms. The number of nitrogens with zero attached hydrogens (tertiary/aromatic N) is 2. The zero-order chi connectivity index (χ0) is 21.6. The van der Waals surface area contributed by atoms with Crippen molar-refractivity contribution in [2.75, 3.05) is 13.6 Å². The predicted octanol–water partition coefficient (Wildman–Crippen LogP) is 3.37. The third-order valence-electron chi connectivity index (χ3n) is 5.52. The van der Waals surface area contributed by atoms with Gasteiger partial charge in [-0.3, -0.25) is 19.3 Å². The molecule has 5 nitrogen and oxygen atoms in total. The van der Waals surface area contributed by atoms with Gasteiger partial charge in [-0.1, -0.05) is 32.0 Å². The number of alkyl halides is 3. The Labute approximate surface area is 167 Å². The first-order valence-electron chi connectivity index (χ1n) is 9.74. The number of amides is 3. The lowest BCUT2D eigenvalue weighted by Gasteiger charge is -2.30. The molecule has 3 amide bonds. The van der Waals surface area contributed by atoms with E-state index in [1.165, 1.54) is 17.0 Å². The van der Waals surface area contributed by atoms with Crippen LogP contribution >= 0.6 is 0 Å². The molecule has 0 unspecified atom stereocenters. The van der Waals surface area contributed by atoms with Gasteiger partial charge in [0.25, 0.3) is 0 Å². The summed E-state index contributed by atoms with van der Waals surface area (Å²) in [6.45, 7) is 4.32. The van der Waals surface area contributed by atoms with Gasteiger partial charge in [-0.2, -0.15) is 13.2 Å². The van der Waals surface area contributed by atoms with Crippen molar-refractivity contribution >= 4 is 17.7 Å². The van der Waals surface area contributed by atoms with Crippen molar-refractivity contribution in [2.24, 2.45) is 5.92 Å². The van der Waals surface area contributed by atoms with Crippen molar-refractivity contribution in [3.8, 4) is 0 Å². The summed E-state index contributed by atoms with van der Waals surface area (Å²) in [6, 6.07) is 4.25. The zero-order valence-corrected chi connectivity index (χ0v) is 16.8. The molecular weight excluding hydrogens is 385 g/mol. The minimum absolute atomic E-state index is 0.0696. The Morgan fingerprint density at radius 3 is 2.48 bits per heavy atom. The Balaban J connectivity index is 2.02. The van der Waals surface area contributed by atoms with Crippen LogP contribution in [0.3, 0.4) is 0 Å². The molecule has 1 aromatic carbocycles. The van der Waals surface area contributed by atoms with Gasteiger partial charge in [-0.15, -0.1) is 0 Å². The van der Waals surface area contributed by atoms with E-state index in [1.807, 2.05) is 13.8 Å². The van der Waals surface area contributed by atoms with Crippen LogP contribution in [0.5, 0.6) is 0 Å². The van der Waals surface area contributed by atoms with Crippen molar-refractivity contribution in [1.82, 2.24) is 9.80 Å². The van der Waals surface area contributed by atoms with E-state index >= 15 is 0 Å². The first-order chi connectivity index (χ1) is 13.5. The van der Waals surface area contributed by atoms with E-state index in [-0.39, 0.29) is 36.3 Å². The third-order valence-corrected chi connectivity index (χ3v) is 5.52. The molecule has 1 atom stereocenters. The van der Waals surface area contributed by atoms with Crippen LogP contribution in [0.4, 0.5) is 13.2 Å². The summed E-state index contributed by atoms with van der Waals surface area (Å²) >= 11 is 0. The van der Waals surface area contributed by atoms with Crippen LogP contribution in [0.25, 0.3) is 0 Å². The van der Waals surface area contributed by atoms with Gasteiger partial charge in [-0.25, -0.2) is 0 Å². The third kappa shape index (κ3) is 4.16. The molecule has 1 aliphatic carbocycles. The average molecular weight is 410 g/mol. The molecular formula is C21H25F3N2O3. The molecule has 0 N–H and O–H groups in total. The van der Waals surface area contributed by atoms with Gasteiger partial charge in [0, 0.05) is 32.5 Å². The monoisotopic (exact) mass is 410 g/mol. The molecule has 1 aromatic rings. The number of halogens is 3. The number of carbonyl (C=O) groups is 3. The van der Waals surface area contributed by atoms with Crippen LogP contribution in [0, 0.1) is 5.92 Å². The van der Waals surface area contributed by atoms with Crippen molar-refractivity contribution in [3.05, 3.63) is 35.4 Å². The van der Waals surface area contributed by atoms with Crippen molar-refractivity contribution < 1.29 is 27.6 Å². The molecule has 1 saturated heterocycles. The van der Waals surface area contributed by atoms with E-state index < -0.39 is 29.0 Å². The molecule has 0 aromatic heterocycles. The fourth-order valence-electron chi connectivity index (χ4n) is 3.97. The number of hydrogen-bond acceptors (Lipinski definition) is 3. The molecule has 0 bridgehead atoms. The minimum Gasteiger partial charge on any atom is -0.345 e. The Bertz CT molecular complexity index is 833. The fourth-order valence-corrected chi connectivity index (χ4v) is 3.97. The normalized spacial score (nSPS) is 22.5. The maximum absolute atomic E-state index is 13.3. The van der Waals surface area contributed by atoms with Gasteiger partial charge in [-0.05, 0) is 30.4 Å². The Kier molecular flexibility index (Phi) is 5.49. The van der Waals surface area contributed by atoms with Crippen molar-refractivity contribution in [3.63, 3.8) is 0 Å². The smallest absolute Gasteiger partial charge is 0.345 e. The standard InChI is InChI=1S/C21H25F3N2O3/c1-13(2)12-25(3)17(27)10-20(11-18(28)26(19(20)29)16-7-8-16)14-5-4-6-15(9-14)21(22,23)24/h4-6,9,13,16H,7-8,10-12H2,1-3H3/t20-/m0/s1. The number of carbonyl (C=O) groups excluding carboxylic acids is 3. The second-order valence-corrected chi connectivity index (χ2v) is 8.48. The molecule has 8 heteroatoms. The summed E-state index contributed by atoms with van der Waals surface area (Å²) in [5.41, 5.74) is -2.42. The SMILES string of the molecule is CC(C)CN(C)C(=O)C[C@@]1(c2cccc(C(F)(F)F)c2)CC(=O)N(C2CC2)C1=O. The highest BCUT2D eigenvalue weighted by atomic mass is 19.4. The van der Waals surface area contributed by atoms with E-state index in [2.05, 4.69) is 0 Å². The lowest BCUT2D eigenvalue weighted by atomic mass is 9.75. The maximum Gasteiger partial charge on any atom is 0.416 e. The highest BCUT2D eigenvalue weighted by Crippen LogP contribution is 2.45. The molecule has 2 aliphatic rings. The summed E-state index contributed by atoms with van der Waals surface area (Å²) < 4.78 is 39.8. The van der Waals surface area contributed by atoms with Gasteiger partial charge in [0.15, 0.2) is 0 Å². The first kappa shape index (κ1) is 21.3. The molecule has 1 aliphatic heterocycles. The second-order valence-electron chi connectivity index (χ2n) is 8.48. The van der Waals surface area contributed by atoms with E-state index in [4.69, 9.17) is 0 Å². The lowest BCUT2D eigenvalue weighted by molar-refractivity contribution is -0.143. The maximum atomic E-state index is 13.3. The second kappa shape index (κ2) is 7.46. The molecule has 1 saturated carbocycles. The van der Waals surface area contributed by atoms with Gasteiger partial charge in [0.05, 0.1) is 11.0 Å². The van der Waals surface area contributed by atoms with Crippen LogP contribution in [0.1, 0.15) is 50.7 Å². The predicted molar refractivity (Wildman–Crippen MR) is 99.7 cm³/mol. The number of rotatable bonds is 6. The van der Waals surface area contributed by atoms with Crippen LogP contribution in [-0.2, 0) is 26.0 Å². The Morgan fingerprint density at radius 1 is 1.28 bits per heavy atom. The molecule has 3 rings (SSSR count). The number of hydrogen-bond donors (Lipinski definition) is 0. The molecule has 0 radical (unpaired) electrons. The quantitative estimate of drug-likeness (QED) is 0.676. The number of imide groups is 1. The lowest BCUT2D eigenvalue weighted by Crippen LogP contribution is -2.44. The van der Waals surface area contributed by atoms with E-state index in [9.17, 15) is 27.6 Å². The number of benzene rings is 1. The fraction of sp³-hybridized carbons (Fsp3) is 0.571. The van der Waals surface area contributed by atoms with Crippen molar-refractivity contribution in [2.45, 2.75) is 57.2 Å². The van der Waals surface area contributed by atoms with Gasteiger partial charge >= 0.3 is 6.18 Å². The van der Waals surface area contributed by atoms with Gasteiger partial charge in [0.2, 0.25) is 17.7 Å². The summed E-state index contributed by atoms with van der Waals surface area (Å²) in [4.78, 5) is 41.4. The summed E-state index contributed by atoms with van der Waals surface area (Å²) in [5, 5.41) is 0. The molecule has 158 valence electrons. The van der Waals surface area contributed by atoms with Crippen LogP contribution in [-0.4, -0.2) is 47.2 Å². The summed E-state index contributed by atoms with van der Waals surface area (Å²) in [5.74, 6) is -1.16. The number of likely N-dealkylation sites (tertiary alicyclic amines) is 1. The highest BCUT2D eigenvalue weighted by molar-refractivity contribution is 6.11. The first-order valence-corrected chi connectivity index (χ1v) is 9.74. The zero-order valence-electron chi connectivity index (χ0n) is 16.8. The molecule has 29 heavy (non-hydrogen) atoms. The topological polar surface area (TPSA) is 57.7 Å². The van der Waals surface area contributed by atoms with Crippen LogP contribution < -0.4 is 0 Å².